The molecule has 0 saturated carbocycles. The Bertz CT molecular complexity index is 857. The maximum Gasteiger partial charge on any atom is 0.323 e. The van der Waals surface area contributed by atoms with Crippen molar-refractivity contribution < 1.29 is 9.18 Å². The van der Waals surface area contributed by atoms with Crippen molar-refractivity contribution in [2.45, 2.75) is 6.92 Å². The molecule has 0 saturated heterocycles. The third kappa shape index (κ3) is 2.14. The van der Waals surface area contributed by atoms with Crippen molar-refractivity contribution >= 4 is 16.8 Å². The molecule has 1 heterocycles. The van der Waals surface area contributed by atoms with Gasteiger partial charge in [0.2, 0.25) is 0 Å². The van der Waals surface area contributed by atoms with E-state index in [2.05, 4.69) is 9.97 Å². The SMILES string of the molecule is Cc1cc(F)cc(C(=O)c2ccc3[nH]c(=O)[nH]c3c2)c1. The van der Waals surface area contributed by atoms with Crippen molar-refractivity contribution in [3.63, 3.8) is 0 Å². The first kappa shape index (κ1) is 12.3. The predicted molar refractivity (Wildman–Crippen MR) is 73.5 cm³/mol. The maximum atomic E-state index is 13.4. The standard InChI is InChI=1S/C15H11FN2O2/c1-8-4-10(6-11(16)5-8)14(19)9-2-3-12-13(7-9)18-15(20)17-12/h2-7H,1H3,(H2,17,18,20). The van der Waals surface area contributed by atoms with Crippen LogP contribution in [0.15, 0.2) is 41.2 Å². The largest absolute Gasteiger partial charge is 0.323 e. The van der Waals surface area contributed by atoms with Crippen LogP contribution in [-0.4, -0.2) is 15.8 Å². The molecule has 4 nitrogen and oxygen atoms in total. The lowest BCUT2D eigenvalue weighted by Gasteiger charge is -2.03. The first-order valence-electron chi connectivity index (χ1n) is 6.07. The third-order valence-corrected chi connectivity index (χ3v) is 3.08. The highest BCUT2D eigenvalue weighted by Gasteiger charge is 2.12. The van der Waals surface area contributed by atoms with Gasteiger partial charge in [-0.05, 0) is 48.9 Å². The van der Waals surface area contributed by atoms with E-state index in [1.165, 1.54) is 12.1 Å². The van der Waals surface area contributed by atoms with Gasteiger partial charge in [0, 0.05) is 11.1 Å². The van der Waals surface area contributed by atoms with Gasteiger partial charge in [0.15, 0.2) is 5.78 Å². The van der Waals surface area contributed by atoms with Crippen molar-refractivity contribution in [2.75, 3.05) is 0 Å². The monoisotopic (exact) mass is 270 g/mol. The molecule has 0 atom stereocenters. The highest BCUT2D eigenvalue weighted by atomic mass is 19.1. The van der Waals surface area contributed by atoms with Gasteiger partial charge in [-0.1, -0.05) is 0 Å². The van der Waals surface area contributed by atoms with Crippen LogP contribution in [0.4, 0.5) is 4.39 Å². The number of hydrogen-bond acceptors (Lipinski definition) is 2. The Morgan fingerprint density at radius 2 is 1.75 bits per heavy atom. The number of rotatable bonds is 2. The lowest BCUT2D eigenvalue weighted by Crippen LogP contribution is -2.02. The maximum absolute atomic E-state index is 13.4. The van der Waals surface area contributed by atoms with Crippen LogP contribution >= 0.6 is 0 Å². The van der Waals surface area contributed by atoms with Crippen LogP contribution in [0, 0.1) is 12.7 Å². The van der Waals surface area contributed by atoms with Gasteiger partial charge in [0.1, 0.15) is 5.82 Å². The summed E-state index contributed by atoms with van der Waals surface area (Å²) in [5.74, 6) is -0.721. The van der Waals surface area contributed by atoms with Crippen LogP contribution in [0.5, 0.6) is 0 Å². The second-order valence-electron chi connectivity index (χ2n) is 4.69. The lowest BCUT2D eigenvalue weighted by molar-refractivity contribution is 0.103. The van der Waals surface area contributed by atoms with Gasteiger partial charge < -0.3 is 9.97 Å². The molecule has 0 bridgehead atoms. The van der Waals surface area contributed by atoms with Gasteiger partial charge in [-0.3, -0.25) is 4.79 Å². The molecule has 0 unspecified atom stereocenters. The molecule has 3 rings (SSSR count). The number of aromatic nitrogens is 2. The van der Waals surface area contributed by atoms with Crippen LogP contribution < -0.4 is 5.69 Å². The Morgan fingerprint density at radius 3 is 2.50 bits per heavy atom. The molecule has 0 aliphatic carbocycles. The molecule has 100 valence electrons. The number of carbonyl (C=O) groups excluding carboxylic acids is 1. The molecular formula is C15H11FN2O2. The smallest absolute Gasteiger partial charge is 0.306 e. The average molecular weight is 270 g/mol. The molecule has 0 spiro atoms. The molecule has 20 heavy (non-hydrogen) atoms. The first-order valence-corrected chi connectivity index (χ1v) is 6.07. The summed E-state index contributed by atoms with van der Waals surface area (Å²) in [5, 5.41) is 0. The normalized spacial score (nSPS) is 10.9. The van der Waals surface area contributed by atoms with E-state index in [9.17, 15) is 14.0 Å². The number of imidazole rings is 1. The van der Waals surface area contributed by atoms with Crippen LogP contribution in [0.25, 0.3) is 11.0 Å². The number of aryl methyl sites for hydroxylation is 1. The van der Waals surface area contributed by atoms with E-state index in [-0.39, 0.29) is 11.5 Å². The van der Waals surface area contributed by atoms with E-state index in [4.69, 9.17) is 0 Å². The van der Waals surface area contributed by atoms with E-state index < -0.39 is 5.82 Å². The summed E-state index contributed by atoms with van der Waals surface area (Å²) in [5.41, 5.74) is 2.23. The Kier molecular flexibility index (Phi) is 2.75. The molecule has 5 heteroatoms. The number of aromatic amines is 2. The van der Waals surface area contributed by atoms with E-state index in [0.29, 0.717) is 27.7 Å². The van der Waals surface area contributed by atoms with Gasteiger partial charge in [-0.25, -0.2) is 9.18 Å². The minimum Gasteiger partial charge on any atom is -0.306 e. The Balaban J connectivity index is 2.09. The molecule has 0 fully saturated rings. The molecule has 0 radical (unpaired) electrons. The summed E-state index contributed by atoms with van der Waals surface area (Å²) in [4.78, 5) is 28.7. The number of benzene rings is 2. The lowest BCUT2D eigenvalue weighted by atomic mass is 10.0. The minimum atomic E-state index is -0.440. The number of fused-ring (bicyclic) bond motifs is 1. The van der Waals surface area contributed by atoms with Crippen molar-refractivity contribution in [1.82, 2.24) is 9.97 Å². The van der Waals surface area contributed by atoms with Crippen molar-refractivity contribution in [3.05, 3.63) is 69.4 Å². The van der Waals surface area contributed by atoms with E-state index in [0.717, 1.165) is 0 Å². The highest BCUT2D eigenvalue weighted by Crippen LogP contribution is 2.16. The first-order chi connectivity index (χ1) is 9.52. The zero-order valence-electron chi connectivity index (χ0n) is 10.7. The molecule has 0 aliphatic heterocycles. The predicted octanol–water partition coefficient (Wildman–Crippen LogP) is 2.53. The topological polar surface area (TPSA) is 65.7 Å². The number of nitrogens with one attached hydrogen (secondary N) is 2. The number of carbonyl (C=O) groups is 1. The fraction of sp³-hybridized carbons (Fsp3) is 0.0667. The molecule has 0 aliphatic rings. The fourth-order valence-corrected chi connectivity index (χ4v) is 2.21. The Labute approximate surface area is 113 Å². The minimum absolute atomic E-state index is 0.281. The van der Waals surface area contributed by atoms with Gasteiger partial charge in [0.05, 0.1) is 11.0 Å². The quantitative estimate of drug-likeness (QED) is 0.703. The fourth-order valence-electron chi connectivity index (χ4n) is 2.21. The van der Waals surface area contributed by atoms with Crippen molar-refractivity contribution in [3.8, 4) is 0 Å². The summed E-state index contributed by atoms with van der Waals surface area (Å²) in [6.07, 6.45) is 0. The summed E-state index contributed by atoms with van der Waals surface area (Å²) in [6, 6.07) is 9.04. The summed E-state index contributed by atoms with van der Waals surface area (Å²) < 4.78 is 13.4. The number of H-pyrrole nitrogens is 2. The Hall–Kier alpha value is -2.69. The van der Waals surface area contributed by atoms with E-state index in [1.54, 1.807) is 31.2 Å². The van der Waals surface area contributed by atoms with Gasteiger partial charge >= 0.3 is 5.69 Å². The molecule has 2 N–H and O–H groups in total. The summed E-state index contributed by atoms with van der Waals surface area (Å²) in [6.45, 7) is 1.73. The molecule has 1 aromatic heterocycles. The van der Waals surface area contributed by atoms with Gasteiger partial charge in [-0.2, -0.15) is 0 Å². The van der Waals surface area contributed by atoms with E-state index >= 15 is 0 Å². The second kappa shape index (κ2) is 4.45. The number of ketones is 1. The highest BCUT2D eigenvalue weighted by molar-refractivity contribution is 6.10. The average Bonchev–Trinajstić information content (AvgIpc) is 2.75. The second-order valence-corrected chi connectivity index (χ2v) is 4.69. The van der Waals surface area contributed by atoms with Crippen LogP contribution in [0.2, 0.25) is 0 Å². The number of halogens is 1. The van der Waals surface area contributed by atoms with E-state index in [1.807, 2.05) is 0 Å². The van der Waals surface area contributed by atoms with Crippen LogP contribution in [-0.2, 0) is 0 Å². The van der Waals surface area contributed by atoms with Crippen molar-refractivity contribution in [1.29, 1.82) is 0 Å². The molecule has 2 aromatic carbocycles. The molecule has 3 aromatic rings. The van der Waals surface area contributed by atoms with Gasteiger partial charge in [0.25, 0.3) is 0 Å². The van der Waals surface area contributed by atoms with Gasteiger partial charge in [-0.15, -0.1) is 0 Å². The van der Waals surface area contributed by atoms with Crippen molar-refractivity contribution in [2.24, 2.45) is 0 Å². The third-order valence-electron chi connectivity index (χ3n) is 3.08. The van der Waals surface area contributed by atoms with Crippen LogP contribution in [0.1, 0.15) is 21.5 Å². The zero-order chi connectivity index (χ0) is 14.3. The zero-order valence-corrected chi connectivity index (χ0v) is 10.7. The summed E-state index contributed by atoms with van der Waals surface area (Å²) >= 11 is 0. The van der Waals surface area contributed by atoms with Crippen LogP contribution in [0.3, 0.4) is 0 Å². The Morgan fingerprint density at radius 1 is 1.00 bits per heavy atom. The number of hydrogen-bond donors (Lipinski definition) is 2. The summed E-state index contributed by atoms with van der Waals surface area (Å²) in [7, 11) is 0. The molecular weight excluding hydrogens is 259 g/mol. The molecule has 0 amide bonds.